The van der Waals surface area contributed by atoms with E-state index < -0.39 is 5.82 Å². The van der Waals surface area contributed by atoms with Crippen molar-refractivity contribution in [1.29, 1.82) is 5.41 Å². The zero-order valence-electron chi connectivity index (χ0n) is 21.0. The molecule has 10 heteroatoms. The van der Waals surface area contributed by atoms with Crippen molar-refractivity contribution in [3.63, 3.8) is 0 Å². The summed E-state index contributed by atoms with van der Waals surface area (Å²) >= 11 is 1.17. The molecule has 1 amide bonds. The van der Waals surface area contributed by atoms with Crippen LogP contribution >= 0.6 is 11.3 Å². The Morgan fingerprint density at radius 3 is 2.55 bits per heavy atom. The van der Waals surface area contributed by atoms with E-state index in [2.05, 4.69) is 16.9 Å². The Morgan fingerprint density at radius 2 is 1.80 bits per heavy atom. The lowest BCUT2D eigenvalue weighted by Crippen LogP contribution is -2.26. The SMILES string of the molecule is C=CCn1c(=N)c(-c2nc(-c3ccc(F)cc3)c(NC(=O)c3ccccc3)s2)cc2c(=O)n3ccccc3nc21. The van der Waals surface area contributed by atoms with E-state index in [-0.39, 0.29) is 23.5 Å². The van der Waals surface area contributed by atoms with Crippen LogP contribution < -0.4 is 16.4 Å². The first-order chi connectivity index (χ1) is 19.4. The second kappa shape index (κ2) is 10.2. The molecule has 8 nitrogen and oxygen atoms in total. The van der Waals surface area contributed by atoms with Gasteiger partial charge in [0, 0.05) is 23.9 Å². The lowest BCUT2D eigenvalue weighted by atomic mass is 10.1. The fraction of sp³-hybridized carbons (Fsp3) is 0.0333. The fourth-order valence-corrected chi connectivity index (χ4v) is 5.44. The van der Waals surface area contributed by atoms with Crippen molar-refractivity contribution < 1.29 is 9.18 Å². The molecule has 40 heavy (non-hydrogen) atoms. The van der Waals surface area contributed by atoms with Gasteiger partial charge in [-0.1, -0.05) is 41.7 Å². The number of pyridine rings is 2. The van der Waals surface area contributed by atoms with Gasteiger partial charge in [-0.25, -0.2) is 14.4 Å². The van der Waals surface area contributed by atoms with E-state index in [9.17, 15) is 14.0 Å². The number of thiazole rings is 1. The molecule has 0 bridgehead atoms. The minimum atomic E-state index is -0.400. The summed E-state index contributed by atoms with van der Waals surface area (Å²) in [4.78, 5) is 36.0. The number of allylic oxidation sites excluding steroid dienone is 1. The summed E-state index contributed by atoms with van der Waals surface area (Å²) in [6, 6.07) is 21.4. The monoisotopic (exact) mass is 548 g/mol. The van der Waals surface area contributed by atoms with Crippen LogP contribution in [0.25, 0.3) is 38.5 Å². The summed E-state index contributed by atoms with van der Waals surface area (Å²) in [5, 5.41) is 13.1. The maximum atomic E-state index is 13.7. The third kappa shape index (κ3) is 4.40. The summed E-state index contributed by atoms with van der Waals surface area (Å²) < 4.78 is 16.8. The van der Waals surface area contributed by atoms with Gasteiger partial charge in [0.1, 0.15) is 38.3 Å². The average Bonchev–Trinajstić information content (AvgIpc) is 3.39. The zero-order chi connectivity index (χ0) is 27.8. The molecule has 0 fully saturated rings. The van der Waals surface area contributed by atoms with Gasteiger partial charge in [-0.15, -0.1) is 6.58 Å². The predicted octanol–water partition coefficient (Wildman–Crippen LogP) is 5.50. The Balaban J connectivity index is 1.58. The molecule has 6 rings (SSSR count). The van der Waals surface area contributed by atoms with Crippen molar-refractivity contribution >= 4 is 38.9 Å². The lowest BCUT2D eigenvalue weighted by Gasteiger charge is -2.12. The number of carbonyl (C=O) groups is 1. The van der Waals surface area contributed by atoms with Crippen LogP contribution in [0.4, 0.5) is 9.39 Å². The molecule has 0 spiro atoms. The van der Waals surface area contributed by atoms with E-state index in [1.807, 2.05) is 6.07 Å². The van der Waals surface area contributed by atoms with Gasteiger partial charge in [0.05, 0.1) is 10.9 Å². The number of carbonyl (C=O) groups excluding carboxylic acids is 1. The van der Waals surface area contributed by atoms with E-state index in [4.69, 9.17) is 10.4 Å². The molecule has 4 aromatic heterocycles. The van der Waals surface area contributed by atoms with Crippen LogP contribution in [0.3, 0.4) is 0 Å². The normalized spacial score (nSPS) is 11.1. The molecule has 4 heterocycles. The van der Waals surface area contributed by atoms with Gasteiger partial charge in [-0.3, -0.25) is 19.4 Å². The summed E-state index contributed by atoms with van der Waals surface area (Å²) in [5.74, 6) is -0.734. The number of amides is 1. The molecular weight excluding hydrogens is 527 g/mol. The third-order valence-electron chi connectivity index (χ3n) is 6.37. The molecule has 0 aliphatic rings. The quantitative estimate of drug-likeness (QED) is 0.212. The topological polar surface area (TPSA) is 105 Å². The van der Waals surface area contributed by atoms with Crippen molar-refractivity contribution in [3.8, 4) is 21.8 Å². The number of halogens is 1. The summed E-state index contributed by atoms with van der Waals surface area (Å²) in [6.45, 7) is 4.05. The number of aromatic nitrogens is 4. The lowest BCUT2D eigenvalue weighted by molar-refractivity contribution is 0.102. The smallest absolute Gasteiger partial charge is 0.267 e. The van der Waals surface area contributed by atoms with Crippen molar-refractivity contribution in [3.05, 3.63) is 125 Å². The molecule has 0 radical (unpaired) electrons. The van der Waals surface area contributed by atoms with E-state index in [1.54, 1.807) is 77.5 Å². The number of benzene rings is 2. The average molecular weight is 549 g/mol. The van der Waals surface area contributed by atoms with E-state index >= 15 is 0 Å². The van der Waals surface area contributed by atoms with Gasteiger partial charge in [0.15, 0.2) is 0 Å². The standard InChI is InChI=1S/C30H21FN6O2S/c1-2-15-37-25(32)21(17-22-26(37)33-23-10-6-7-16-36(23)30(22)39)28-34-24(18-11-13-20(31)14-12-18)29(40-28)35-27(38)19-8-4-3-5-9-19/h2-14,16-17,32H,1,15H2,(H,35,38). The Kier molecular flexibility index (Phi) is 6.37. The van der Waals surface area contributed by atoms with Gasteiger partial charge >= 0.3 is 0 Å². The van der Waals surface area contributed by atoms with Gasteiger partial charge < -0.3 is 9.88 Å². The minimum absolute atomic E-state index is 0.0833. The molecule has 0 saturated carbocycles. The number of nitrogens with zero attached hydrogens (tertiary/aromatic N) is 4. The molecule has 0 unspecified atom stereocenters. The largest absolute Gasteiger partial charge is 0.312 e. The first-order valence-corrected chi connectivity index (χ1v) is 13.1. The van der Waals surface area contributed by atoms with E-state index in [1.165, 1.54) is 27.9 Å². The van der Waals surface area contributed by atoms with Crippen molar-refractivity contribution in [2.45, 2.75) is 6.54 Å². The molecule has 0 atom stereocenters. The highest BCUT2D eigenvalue weighted by Gasteiger charge is 2.21. The van der Waals surface area contributed by atoms with Crippen molar-refractivity contribution in [2.75, 3.05) is 5.32 Å². The Hall–Kier alpha value is -5.22. The van der Waals surface area contributed by atoms with E-state index in [0.29, 0.717) is 49.1 Å². The Bertz CT molecular complexity index is 2050. The number of nitrogens with one attached hydrogen (secondary N) is 2. The van der Waals surface area contributed by atoms with Crippen LogP contribution in [0.2, 0.25) is 0 Å². The van der Waals surface area contributed by atoms with Crippen LogP contribution in [-0.2, 0) is 6.54 Å². The molecular formula is C30H21FN6O2S. The van der Waals surface area contributed by atoms with Crippen LogP contribution in [0.15, 0.2) is 103 Å². The molecule has 0 saturated heterocycles. The first-order valence-electron chi connectivity index (χ1n) is 12.3. The molecule has 196 valence electrons. The summed E-state index contributed by atoms with van der Waals surface area (Å²) in [5.41, 5.74) is 2.48. The Labute approximate surface area is 230 Å². The van der Waals surface area contributed by atoms with Crippen LogP contribution in [0.1, 0.15) is 10.4 Å². The van der Waals surface area contributed by atoms with Crippen LogP contribution in [0.5, 0.6) is 0 Å². The maximum Gasteiger partial charge on any atom is 0.267 e. The summed E-state index contributed by atoms with van der Waals surface area (Å²) in [7, 11) is 0. The number of fused-ring (bicyclic) bond motifs is 2. The highest BCUT2D eigenvalue weighted by molar-refractivity contribution is 7.19. The number of anilines is 1. The zero-order valence-corrected chi connectivity index (χ0v) is 21.8. The summed E-state index contributed by atoms with van der Waals surface area (Å²) in [6.07, 6.45) is 3.27. The first kappa shape index (κ1) is 25.1. The highest BCUT2D eigenvalue weighted by Crippen LogP contribution is 2.38. The van der Waals surface area contributed by atoms with Gasteiger partial charge in [0.25, 0.3) is 11.5 Å². The second-order valence-electron chi connectivity index (χ2n) is 8.91. The molecule has 2 aromatic carbocycles. The van der Waals surface area contributed by atoms with Crippen LogP contribution in [-0.4, -0.2) is 24.8 Å². The van der Waals surface area contributed by atoms with Crippen LogP contribution in [0, 0.1) is 11.2 Å². The second-order valence-corrected chi connectivity index (χ2v) is 9.91. The highest BCUT2D eigenvalue weighted by atomic mass is 32.1. The third-order valence-corrected chi connectivity index (χ3v) is 7.37. The molecule has 0 aliphatic carbocycles. The predicted molar refractivity (Wildman–Crippen MR) is 154 cm³/mol. The maximum absolute atomic E-state index is 13.7. The number of hydrogen-bond acceptors (Lipinski definition) is 6. The molecule has 2 N–H and O–H groups in total. The van der Waals surface area contributed by atoms with Crippen molar-refractivity contribution in [1.82, 2.24) is 18.9 Å². The minimum Gasteiger partial charge on any atom is -0.312 e. The molecule has 6 aromatic rings. The van der Waals surface area contributed by atoms with Gasteiger partial charge in [-0.05, 0) is 54.6 Å². The Morgan fingerprint density at radius 1 is 1.05 bits per heavy atom. The number of rotatable bonds is 6. The fourth-order valence-electron chi connectivity index (χ4n) is 4.45. The van der Waals surface area contributed by atoms with E-state index in [0.717, 1.165) is 0 Å². The number of hydrogen-bond donors (Lipinski definition) is 2. The van der Waals surface area contributed by atoms with Gasteiger partial charge in [0.2, 0.25) is 0 Å². The molecule has 0 aliphatic heterocycles. The van der Waals surface area contributed by atoms with Crippen molar-refractivity contribution in [2.24, 2.45) is 0 Å². The van der Waals surface area contributed by atoms with Gasteiger partial charge in [-0.2, -0.15) is 0 Å².